The Morgan fingerprint density at radius 3 is 2.47 bits per heavy atom. The molecule has 7 nitrogen and oxygen atoms in total. The Hall–Kier alpha value is -2.11. The summed E-state index contributed by atoms with van der Waals surface area (Å²) >= 11 is 0. The highest BCUT2D eigenvalue weighted by Crippen LogP contribution is 2.40. The number of benzene rings is 1. The molecule has 1 aromatic rings. The first-order chi connectivity index (χ1) is 7.11. The van der Waals surface area contributed by atoms with Crippen LogP contribution in [0.5, 0.6) is 17.2 Å². The minimum Gasteiger partial charge on any atom is -0.504 e. The SMILES string of the molecule is [N-]=[N+]=NC(CO)c1ccc(O)c(O)c1O. The zero-order chi connectivity index (χ0) is 11.4. The van der Waals surface area contributed by atoms with Crippen LogP contribution in [0.2, 0.25) is 0 Å². The molecule has 0 aliphatic rings. The first-order valence-corrected chi connectivity index (χ1v) is 4.00. The van der Waals surface area contributed by atoms with Gasteiger partial charge in [0.15, 0.2) is 11.5 Å². The number of aliphatic hydroxyl groups is 1. The van der Waals surface area contributed by atoms with Crippen LogP contribution >= 0.6 is 0 Å². The Morgan fingerprint density at radius 2 is 1.93 bits per heavy atom. The maximum atomic E-state index is 9.40. The number of hydrogen-bond donors (Lipinski definition) is 4. The third kappa shape index (κ3) is 2.04. The summed E-state index contributed by atoms with van der Waals surface area (Å²) in [6.45, 7) is -0.512. The highest BCUT2D eigenvalue weighted by molar-refractivity contribution is 5.54. The number of hydrogen-bond acceptors (Lipinski definition) is 5. The molecular formula is C8H9N3O4. The fourth-order valence-corrected chi connectivity index (χ4v) is 1.11. The van der Waals surface area contributed by atoms with Gasteiger partial charge >= 0.3 is 0 Å². The van der Waals surface area contributed by atoms with Crippen molar-refractivity contribution in [3.05, 3.63) is 28.1 Å². The van der Waals surface area contributed by atoms with Gasteiger partial charge in [0.05, 0.1) is 12.6 Å². The van der Waals surface area contributed by atoms with E-state index in [2.05, 4.69) is 10.0 Å². The van der Waals surface area contributed by atoms with Crippen LogP contribution in [-0.4, -0.2) is 27.0 Å². The van der Waals surface area contributed by atoms with Gasteiger partial charge in [0.2, 0.25) is 5.75 Å². The molecule has 0 spiro atoms. The van der Waals surface area contributed by atoms with Gasteiger partial charge in [0.25, 0.3) is 0 Å². The van der Waals surface area contributed by atoms with E-state index in [1.54, 1.807) is 0 Å². The predicted molar refractivity (Wildman–Crippen MR) is 50.4 cm³/mol. The maximum Gasteiger partial charge on any atom is 0.200 e. The van der Waals surface area contributed by atoms with Crippen molar-refractivity contribution in [3.63, 3.8) is 0 Å². The van der Waals surface area contributed by atoms with Gasteiger partial charge in [-0.3, -0.25) is 0 Å². The molecule has 1 atom stereocenters. The van der Waals surface area contributed by atoms with Crippen LogP contribution in [0.3, 0.4) is 0 Å². The van der Waals surface area contributed by atoms with Crippen molar-refractivity contribution < 1.29 is 20.4 Å². The van der Waals surface area contributed by atoms with Gasteiger partial charge in [-0.05, 0) is 11.6 Å². The second-order valence-electron chi connectivity index (χ2n) is 2.77. The number of phenols is 3. The fourth-order valence-electron chi connectivity index (χ4n) is 1.11. The molecule has 1 rings (SSSR count). The average molecular weight is 211 g/mol. The van der Waals surface area contributed by atoms with Gasteiger partial charge in [-0.1, -0.05) is 11.2 Å². The lowest BCUT2D eigenvalue weighted by Gasteiger charge is -2.11. The maximum absolute atomic E-state index is 9.40. The molecule has 0 fully saturated rings. The molecule has 80 valence electrons. The van der Waals surface area contributed by atoms with Gasteiger partial charge in [-0.2, -0.15) is 0 Å². The van der Waals surface area contributed by atoms with Crippen molar-refractivity contribution in [1.82, 2.24) is 0 Å². The molecule has 1 aromatic carbocycles. The molecule has 0 saturated carbocycles. The molecule has 0 radical (unpaired) electrons. The molecule has 0 heterocycles. The zero-order valence-corrected chi connectivity index (χ0v) is 7.57. The second-order valence-corrected chi connectivity index (χ2v) is 2.77. The fraction of sp³-hybridized carbons (Fsp3) is 0.250. The molecule has 7 heteroatoms. The van der Waals surface area contributed by atoms with Crippen molar-refractivity contribution in [1.29, 1.82) is 0 Å². The zero-order valence-electron chi connectivity index (χ0n) is 7.57. The van der Waals surface area contributed by atoms with E-state index in [1.165, 1.54) is 6.07 Å². The third-order valence-corrected chi connectivity index (χ3v) is 1.88. The molecule has 4 N–H and O–H groups in total. The van der Waals surface area contributed by atoms with E-state index in [4.69, 9.17) is 15.7 Å². The van der Waals surface area contributed by atoms with E-state index in [0.29, 0.717) is 0 Å². The van der Waals surface area contributed by atoms with Crippen LogP contribution in [0.25, 0.3) is 10.4 Å². The number of phenolic OH excluding ortho intramolecular Hbond substituents is 3. The summed E-state index contributed by atoms with van der Waals surface area (Å²) in [4.78, 5) is 2.49. The minimum absolute atomic E-state index is 0.0469. The van der Waals surface area contributed by atoms with E-state index < -0.39 is 29.9 Å². The summed E-state index contributed by atoms with van der Waals surface area (Å²) in [5, 5.41) is 39.7. The van der Waals surface area contributed by atoms with Crippen LogP contribution in [0.15, 0.2) is 17.2 Å². The van der Waals surface area contributed by atoms with Crippen molar-refractivity contribution in [2.75, 3.05) is 6.61 Å². The molecular weight excluding hydrogens is 202 g/mol. The summed E-state index contributed by atoms with van der Waals surface area (Å²) in [6.07, 6.45) is 0. The van der Waals surface area contributed by atoms with E-state index in [1.807, 2.05) is 0 Å². The van der Waals surface area contributed by atoms with Crippen molar-refractivity contribution in [2.45, 2.75) is 6.04 Å². The highest BCUT2D eigenvalue weighted by atomic mass is 16.3. The number of rotatable bonds is 3. The molecule has 0 aromatic heterocycles. The summed E-state index contributed by atoms with van der Waals surface area (Å²) in [5.41, 5.74) is 8.24. The van der Waals surface area contributed by atoms with Crippen LogP contribution in [-0.2, 0) is 0 Å². The Morgan fingerprint density at radius 1 is 1.27 bits per heavy atom. The second kappa shape index (κ2) is 4.41. The third-order valence-electron chi connectivity index (χ3n) is 1.88. The van der Waals surface area contributed by atoms with Crippen LogP contribution in [0.1, 0.15) is 11.6 Å². The van der Waals surface area contributed by atoms with Gasteiger partial charge < -0.3 is 20.4 Å². The summed E-state index contributed by atoms with van der Waals surface area (Å²) in [5.74, 6) is -1.81. The Labute approximate surface area is 84.5 Å². The lowest BCUT2D eigenvalue weighted by atomic mass is 10.1. The van der Waals surface area contributed by atoms with E-state index in [0.717, 1.165) is 6.07 Å². The Bertz CT molecular complexity index is 415. The first kappa shape index (κ1) is 11.0. The largest absolute Gasteiger partial charge is 0.504 e. The molecule has 0 aliphatic carbocycles. The van der Waals surface area contributed by atoms with Gasteiger partial charge in [-0.25, -0.2) is 0 Å². The quantitative estimate of drug-likeness (QED) is 0.258. The number of nitrogens with zero attached hydrogens (tertiary/aromatic N) is 3. The number of azide groups is 1. The number of aliphatic hydroxyl groups excluding tert-OH is 1. The van der Waals surface area contributed by atoms with Crippen LogP contribution in [0.4, 0.5) is 0 Å². The summed E-state index contributed by atoms with van der Waals surface area (Å²) in [7, 11) is 0. The molecule has 0 amide bonds. The molecule has 0 saturated heterocycles. The molecule has 1 unspecified atom stereocenters. The van der Waals surface area contributed by atoms with Crippen molar-refractivity contribution in [3.8, 4) is 17.2 Å². The van der Waals surface area contributed by atoms with Crippen LogP contribution in [0, 0.1) is 0 Å². The monoisotopic (exact) mass is 211 g/mol. The first-order valence-electron chi connectivity index (χ1n) is 4.00. The normalized spacial score (nSPS) is 11.8. The van der Waals surface area contributed by atoms with Crippen LogP contribution < -0.4 is 0 Å². The van der Waals surface area contributed by atoms with E-state index >= 15 is 0 Å². The molecule has 0 bridgehead atoms. The smallest absolute Gasteiger partial charge is 0.200 e. The lowest BCUT2D eigenvalue weighted by Crippen LogP contribution is -2.00. The molecule has 15 heavy (non-hydrogen) atoms. The standard InChI is InChI=1S/C8H9N3O4/c9-11-10-5(3-12)4-1-2-6(13)8(15)7(4)14/h1-2,5,12-15H,3H2. The van der Waals surface area contributed by atoms with Gasteiger partial charge in [-0.15, -0.1) is 0 Å². The van der Waals surface area contributed by atoms with E-state index in [9.17, 15) is 10.2 Å². The predicted octanol–water partition coefficient (Wildman–Crippen LogP) is 1.15. The number of aromatic hydroxyl groups is 3. The minimum atomic E-state index is -0.999. The summed E-state index contributed by atoms with van der Waals surface area (Å²) < 4.78 is 0. The van der Waals surface area contributed by atoms with Crippen molar-refractivity contribution in [2.24, 2.45) is 5.11 Å². The highest BCUT2D eigenvalue weighted by Gasteiger charge is 2.17. The van der Waals surface area contributed by atoms with Gasteiger partial charge in [0.1, 0.15) is 0 Å². The molecule has 0 aliphatic heterocycles. The average Bonchev–Trinajstić information content (AvgIpc) is 2.24. The van der Waals surface area contributed by atoms with Gasteiger partial charge in [0, 0.05) is 10.5 Å². The van der Waals surface area contributed by atoms with Crippen molar-refractivity contribution >= 4 is 0 Å². The Balaban J connectivity index is 3.25. The Kier molecular flexibility index (Phi) is 3.22. The lowest BCUT2D eigenvalue weighted by molar-refractivity contribution is 0.263. The summed E-state index contributed by atoms with van der Waals surface area (Å²) in [6, 6.07) is 1.38. The topological polar surface area (TPSA) is 130 Å². The van der Waals surface area contributed by atoms with E-state index in [-0.39, 0.29) is 5.56 Å².